The highest BCUT2D eigenvalue weighted by Crippen LogP contribution is 2.36. The molecule has 7 heteroatoms. The van der Waals surface area contributed by atoms with Crippen LogP contribution in [0.4, 0.5) is 0 Å². The fourth-order valence-corrected chi connectivity index (χ4v) is 4.71. The van der Waals surface area contributed by atoms with E-state index in [2.05, 4.69) is 4.98 Å². The number of aryl methyl sites for hydroxylation is 1. The van der Waals surface area contributed by atoms with Crippen LogP contribution in [-0.2, 0) is 21.0 Å². The molecule has 2 N–H and O–H groups in total. The molecule has 6 nitrogen and oxygen atoms in total. The summed E-state index contributed by atoms with van der Waals surface area (Å²) in [6, 6.07) is 10.3. The summed E-state index contributed by atoms with van der Waals surface area (Å²) in [4.78, 5) is 3.43. The largest absolute Gasteiger partial charge is 0.496 e. The summed E-state index contributed by atoms with van der Waals surface area (Å²) < 4.78 is 37.3. The summed E-state index contributed by atoms with van der Waals surface area (Å²) in [5, 5.41) is 10.9. The van der Waals surface area contributed by atoms with E-state index in [1.807, 2.05) is 13.8 Å². The Morgan fingerprint density at radius 2 is 1.86 bits per heavy atom. The van der Waals surface area contributed by atoms with Gasteiger partial charge in [-0.05, 0) is 38.1 Å². The van der Waals surface area contributed by atoms with Crippen molar-refractivity contribution in [3.05, 3.63) is 53.7 Å². The van der Waals surface area contributed by atoms with Crippen LogP contribution in [0.3, 0.4) is 0 Å². The van der Waals surface area contributed by atoms with E-state index in [1.54, 1.807) is 36.4 Å². The van der Waals surface area contributed by atoms with E-state index >= 15 is 0 Å². The van der Waals surface area contributed by atoms with Crippen molar-refractivity contribution in [1.29, 1.82) is 0 Å². The van der Waals surface area contributed by atoms with Crippen molar-refractivity contribution in [3.63, 3.8) is 0 Å². The smallest absolute Gasteiger partial charge is 0.208 e. The molecule has 1 aromatic heterocycles. The molecular formula is C21H25NO5S. The van der Waals surface area contributed by atoms with Gasteiger partial charge in [-0.15, -0.1) is 0 Å². The van der Waals surface area contributed by atoms with E-state index in [4.69, 9.17) is 9.47 Å². The molecular weight excluding hydrogens is 378 g/mol. The van der Waals surface area contributed by atoms with E-state index in [9.17, 15) is 13.5 Å². The van der Waals surface area contributed by atoms with E-state index in [0.717, 1.165) is 5.56 Å². The number of methoxy groups -OCH3 is 1. The van der Waals surface area contributed by atoms with Crippen LogP contribution in [0.15, 0.2) is 52.4 Å². The molecule has 0 aliphatic heterocycles. The first-order valence-electron chi connectivity index (χ1n) is 9.13. The van der Waals surface area contributed by atoms with Crippen molar-refractivity contribution in [2.24, 2.45) is 0 Å². The van der Waals surface area contributed by atoms with Gasteiger partial charge in [-0.25, -0.2) is 8.42 Å². The molecule has 1 heterocycles. The second-order valence-electron chi connectivity index (χ2n) is 6.66. The average Bonchev–Trinajstić information content (AvgIpc) is 3.12. The number of rotatable bonds is 8. The summed E-state index contributed by atoms with van der Waals surface area (Å²) in [7, 11) is -2.21. The number of aliphatic hydroxyl groups is 1. The maximum Gasteiger partial charge on any atom is 0.208 e. The van der Waals surface area contributed by atoms with E-state index in [-0.39, 0.29) is 22.8 Å². The molecule has 0 saturated carbocycles. The van der Waals surface area contributed by atoms with Gasteiger partial charge in [0.1, 0.15) is 5.75 Å². The van der Waals surface area contributed by atoms with Gasteiger partial charge in [0.15, 0.2) is 0 Å². The normalized spacial score (nSPS) is 13.0. The van der Waals surface area contributed by atoms with Crippen LogP contribution in [0.1, 0.15) is 18.1 Å². The Labute approximate surface area is 165 Å². The van der Waals surface area contributed by atoms with Gasteiger partial charge in [0.25, 0.3) is 0 Å². The Hall–Kier alpha value is -2.35. The standard InChI is InChI=1S/C21H25NO5S/c1-4-27-13-15(23)11-17-19(26-3)10-9-18-21(17)20(12-22-18)28(24,25)16-7-5-14(2)6-8-16/h5-10,12,15,22-23H,4,11,13H2,1-3H3. The Kier molecular flexibility index (Phi) is 6.07. The van der Waals surface area contributed by atoms with Gasteiger partial charge < -0.3 is 19.6 Å². The molecule has 0 radical (unpaired) electrons. The predicted molar refractivity (Wildman–Crippen MR) is 108 cm³/mol. The van der Waals surface area contributed by atoms with Crippen molar-refractivity contribution in [1.82, 2.24) is 4.98 Å². The third kappa shape index (κ3) is 3.92. The number of nitrogens with one attached hydrogen (secondary N) is 1. The molecule has 150 valence electrons. The molecule has 0 aliphatic carbocycles. The van der Waals surface area contributed by atoms with Gasteiger partial charge >= 0.3 is 0 Å². The number of ether oxygens (including phenoxy) is 2. The van der Waals surface area contributed by atoms with Gasteiger partial charge in [-0.3, -0.25) is 0 Å². The fraction of sp³-hybridized carbons (Fsp3) is 0.333. The number of hydrogen-bond donors (Lipinski definition) is 2. The van der Waals surface area contributed by atoms with Gasteiger partial charge in [-0.2, -0.15) is 0 Å². The lowest BCUT2D eigenvalue weighted by molar-refractivity contribution is 0.0429. The third-order valence-corrected chi connectivity index (χ3v) is 6.46. The Bertz CT molecular complexity index is 1050. The van der Waals surface area contributed by atoms with E-state index < -0.39 is 15.9 Å². The highest BCUT2D eigenvalue weighted by molar-refractivity contribution is 7.91. The number of hydrogen-bond acceptors (Lipinski definition) is 5. The molecule has 0 fully saturated rings. The van der Waals surface area contributed by atoms with Gasteiger partial charge in [0.05, 0.1) is 29.6 Å². The molecule has 2 aromatic carbocycles. The highest BCUT2D eigenvalue weighted by atomic mass is 32.2. The quantitative estimate of drug-likeness (QED) is 0.603. The lowest BCUT2D eigenvalue weighted by Gasteiger charge is -2.16. The molecule has 0 bridgehead atoms. The first-order chi connectivity index (χ1) is 13.4. The van der Waals surface area contributed by atoms with E-state index in [1.165, 1.54) is 13.3 Å². The zero-order valence-electron chi connectivity index (χ0n) is 16.2. The van der Waals surface area contributed by atoms with Crippen molar-refractivity contribution in [3.8, 4) is 5.75 Å². The molecule has 1 unspecified atom stereocenters. The molecule has 0 amide bonds. The van der Waals surface area contributed by atoms with Crippen molar-refractivity contribution in [2.75, 3.05) is 20.3 Å². The predicted octanol–water partition coefficient (Wildman–Crippen LogP) is 3.26. The minimum absolute atomic E-state index is 0.167. The lowest BCUT2D eigenvalue weighted by Crippen LogP contribution is -2.19. The van der Waals surface area contributed by atoms with Crippen molar-refractivity contribution in [2.45, 2.75) is 36.2 Å². The number of fused-ring (bicyclic) bond motifs is 1. The van der Waals surface area contributed by atoms with Gasteiger partial charge in [0.2, 0.25) is 9.84 Å². The number of aliphatic hydroxyl groups excluding tert-OH is 1. The number of benzene rings is 2. The van der Waals surface area contributed by atoms with Gasteiger partial charge in [0, 0.05) is 35.7 Å². The molecule has 3 aromatic rings. The Morgan fingerprint density at radius 3 is 2.50 bits per heavy atom. The maximum absolute atomic E-state index is 13.3. The minimum atomic E-state index is -3.74. The van der Waals surface area contributed by atoms with Crippen molar-refractivity contribution >= 4 is 20.7 Å². The molecule has 3 rings (SSSR count). The summed E-state index contributed by atoms with van der Waals surface area (Å²) in [6.07, 6.45) is 0.941. The summed E-state index contributed by atoms with van der Waals surface area (Å²) in [5.41, 5.74) is 2.29. The number of sulfone groups is 1. The number of H-pyrrole nitrogens is 1. The Balaban J connectivity index is 2.15. The summed E-state index contributed by atoms with van der Waals surface area (Å²) >= 11 is 0. The minimum Gasteiger partial charge on any atom is -0.496 e. The zero-order chi connectivity index (χ0) is 20.3. The lowest BCUT2D eigenvalue weighted by atomic mass is 10.0. The first-order valence-corrected chi connectivity index (χ1v) is 10.6. The SMILES string of the molecule is CCOCC(O)Cc1c(OC)ccc2[nH]cc(S(=O)(=O)c3ccc(C)cc3)c12. The number of aromatic nitrogens is 1. The monoisotopic (exact) mass is 403 g/mol. The second kappa shape index (κ2) is 8.34. The first kappa shape index (κ1) is 20.4. The Morgan fingerprint density at radius 1 is 1.14 bits per heavy atom. The topological polar surface area (TPSA) is 88.6 Å². The zero-order valence-corrected chi connectivity index (χ0v) is 17.0. The van der Waals surface area contributed by atoms with Crippen LogP contribution in [-0.4, -0.2) is 44.9 Å². The second-order valence-corrected chi connectivity index (χ2v) is 8.57. The molecule has 1 atom stereocenters. The third-order valence-electron chi connectivity index (χ3n) is 4.67. The summed E-state index contributed by atoms with van der Waals surface area (Å²) in [5.74, 6) is 0.531. The van der Waals surface area contributed by atoms with Crippen molar-refractivity contribution < 1.29 is 23.0 Å². The van der Waals surface area contributed by atoms with Crippen LogP contribution in [0.5, 0.6) is 5.75 Å². The fourth-order valence-electron chi connectivity index (χ4n) is 3.24. The van der Waals surface area contributed by atoms with Crippen LogP contribution >= 0.6 is 0 Å². The van der Waals surface area contributed by atoms with Crippen LogP contribution < -0.4 is 4.74 Å². The average molecular weight is 404 g/mol. The highest BCUT2D eigenvalue weighted by Gasteiger charge is 2.25. The summed E-state index contributed by atoms with van der Waals surface area (Å²) in [6.45, 7) is 4.42. The van der Waals surface area contributed by atoms with Crippen LogP contribution in [0.25, 0.3) is 10.9 Å². The molecule has 0 spiro atoms. The van der Waals surface area contributed by atoms with Crippen LogP contribution in [0, 0.1) is 6.92 Å². The molecule has 0 saturated heterocycles. The maximum atomic E-state index is 13.3. The van der Waals surface area contributed by atoms with Gasteiger partial charge in [-0.1, -0.05) is 17.7 Å². The number of aromatic amines is 1. The molecule has 0 aliphatic rings. The van der Waals surface area contributed by atoms with Crippen LogP contribution in [0.2, 0.25) is 0 Å². The van der Waals surface area contributed by atoms with E-state index in [0.29, 0.717) is 28.8 Å². The molecule has 28 heavy (non-hydrogen) atoms.